The number of ether oxygens (including phenoxy) is 2. The summed E-state index contributed by atoms with van der Waals surface area (Å²) in [7, 11) is 1.56. The molecule has 0 aliphatic carbocycles. The zero-order chi connectivity index (χ0) is 21.4. The van der Waals surface area contributed by atoms with Gasteiger partial charge in [-0.05, 0) is 56.2 Å². The molecule has 0 fully saturated rings. The normalized spacial score (nSPS) is 12.4. The number of nitrogens with zero attached hydrogens (tertiary/aromatic N) is 3. The Balaban J connectivity index is 2.00. The average molecular weight is 404 g/mol. The molecule has 0 amide bonds. The fourth-order valence-corrected chi connectivity index (χ4v) is 3.71. The predicted molar refractivity (Wildman–Crippen MR) is 117 cm³/mol. The fraction of sp³-hybridized carbons (Fsp3) is 0.261. The van der Waals surface area contributed by atoms with Crippen molar-refractivity contribution in [1.82, 2.24) is 14.5 Å². The second-order valence-electron chi connectivity index (χ2n) is 7.50. The average Bonchev–Trinajstić information content (AvgIpc) is 2.96. The summed E-state index contributed by atoms with van der Waals surface area (Å²) in [6.45, 7) is 6.08. The SMILES string of the molecule is COC[C@H](C)OC(=O)c1c(N)n(-c2cc(C)cc(C)c2)c2nc3ccccc3nc12. The van der Waals surface area contributed by atoms with Crippen molar-refractivity contribution in [1.29, 1.82) is 0 Å². The maximum Gasteiger partial charge on any atom is 0.344 e. The number of carbonyl (C=O) groups excluding carboxylic acids is 1. The lowest BCUT2D eigenvalue weighted by atomic mass is 10.1. The molecule has 0 aliphatic heterocycles. The van der Waals surface area contributed by atoms with Crippen molar-refractivity contribution < 1.29 is 14.3 Å². The molecule has 0 aliphatic rings. The van der Waals surface area contributed by atoms with E-state index < -0.39 is 12.1 Å². The van der Waals surface area contributed by atoms with Crippen LogP contribution < -0.4 is 5.73 Å². The number of carbonyl (C=O) groups is 1. The van der Waals surface area contributed by atoms with Crippen molar-refractivity contribution in [2.75, 3.05) is 19.5 Å². The van der Waals surface area contributed by atoms with Gasteiger partial charge in [-0.25, -0.2) is 14.8 Å². The largest absolute Gasteiger partial charge is 0.456 e. The zero-order valence-corrected chi connectivity index (χ0v) is 17.5. The van der Waals surface area contributed by atoms with Gasteiger partial charge in [-0.3, -0.25) is 4.57 Å². The number of nitrogens with two attached hydrogens (primary N) is 1. The van der Waals surface area contributed by atoms with Crippen LogP contribution in [0.4, 0.5) is 5.82 Å². The molecule has 0 radical (unpaired) electrons. The number of hydrogen-bond donors (Lipinski definition) is 1. The Morgan fingerprint density at radius 1 is 1.10 bits per heavy atom. The highest BCUT2D eigenvalue weighted by atomic mass is 16.6. The molecule has 4 rings (SSSR count). The smallest absolute Gasteiger partial charge is 0.344 e. The van der Waals surface area contributed by atoms with Gasteiger partial charge in [0.1, 0.15) is 23.0 Å². The maximum atomic E-state index is 13.0. The molecule has 4 aromatic rings. The van der Waals surface area contributed by atoms with Gasteiger partial charge in [0.15, 0.2) is 5.65 Å². The van der Waals surface area contributed by atoms with Gasteiger partial charge in [0.2, 0.25) is 0 Å². The Morgan fingerprint density at radius 2 is 1.73 bits per heavy atom. The number of methoxy groups -OCH3 is 1. The Labute approximate surface area is 174 Å². The van der Waals surface area contributed by atoms with Gasteiger partial charge in [0.05, 0.1) is 17.6 Å². The molecule has 7 heteroatoms. The number of benzene rings is 2. The molecule has 0 bridgehead atoms. The number of anilines is 1. The minimum Gasteiger partial charge on any atom is -0.456 e. The van der Waals surface area contributed by atoms with E-state index in [-0.39, 0.29) is 18.0 Å². The first-order chi connectivity index (χ1) is 14.4. The summed E-state index contributed by atoms with van der Waals surface area (Å²) < 4.78 is 12.4. The number of hydrogen-bond acceptors (Lipinski definition) is 6. The topological polar surface area (TPSA) is 92.3 Å². The molecule has 2 N–H and O–H groups in total. The number of esters is 1. The highest BCUT2D eigenvalue weighted by Crippen LogP contribution is 2.32. The minimum absolute atomic E-state index is 0.213. The second kappa shape index (κ2) is 7.76. The molecular formula is C23H24N4O3. The van der Waals surface area contributed by atoms with Crippen LogP contribution in [0.5, 0.6) is 0 Å². The van der Waals surface area contributed by atoms with E-state index in [4.69, 9.17) is 25.2 Å². The second-order valence-corrected chi connectivity index (χ2v) is 7.50. The molecule has 2 aromatic heterocycles. The van der Waals surface area contributed by atoms with Crippen LogP contribution in [0.3, 0.4) is 0 Å². The van der Waals surface area contributed by atoms with Crippen LogP contribution in [0.25, 0.3) is 27.9 Å². The van der Waals surface area contributed by atoms with E-state index in [9.17, 15) is 4.79 Å². The molecule has 0 saturated carbocycles. The van der Waals surface area contributed by atoms with Crippen molar-refractivity contribution in [3.05, 3.63) is 59.2 Å². The van der Waals surface area contributed by atoms with E-state index in [1.54, 1.807) is 18.6 Å². The van der Waals surface area contributed by atoms with Crippen LogP contribution in [-0.2, 0) is 9.47 Å². The lowest BCUT2D eigenvalue weighted by Gasteiger charge is -2.12. The maximum absolute atomic E-state index is 13.0. The van der Waals surface area contributed by atoms with Crippen LogP contribution in [0.2, 0.25) is 0 Å². The molecule has 0 saturated heterocycles. The van der Waals surface area contributed by atoms with Crippen LogP contribution in [0, 0.1) is 13.8 Å². The number of rotatable bonds is 5. The molecule has 154 valence electrons. The zero-order valence-electron chi connectivity index (χ0n) is 17.5. The van der Waals surface area contributed by atoms with Crippen molar-refractivity contribution in [3.63, 3.8) is 0 Å². The lowest BCUT2D eigenvalue weighted by Crippen LogP contribution is -2.20. The van der Waals surface area contributed by atoms with Crippen LogP contribution in [0.1, 0.15) is 28.4 Å². The van der Waals surface area contributed by atoms with Crippen molar-refractivity contribution in [3.8, 4) is 5.69 Å². The first-order valence-corrected chi connectivity index (χ1v) is 9.74. The van der Waals surface area contributed by atoms with Crippen LogP contribution in [0.15, 0.2) is 42.5 Å². The van der Waals surface area contributed by atoms with Crippen LogP contribution in [-0.4, -0.2) is 40.3 Å². The van der Waals surface area contributed by atoms with Gasteiger partial charge >= 0.3 is 5.97 Å². The standard InChI is InChI=1S/C23H24N4O3/c1-13-9-14(2)11-16(10-13)27-21(24)19(23(28)30-15(3)12-29-4)20-22(27)26-18-8-6-5-7-17(18)25-20/h5-11,15H,12,24H2,1-4H3/t15-/m0/s1. The number of aryl methyl sites for hydroxylation is 2. The highest BCUT2D eigenvalue weighted by molar-refractivity contribution is 6.09. The monoisotopic (exact) mass is 404 g/mol. The van der Waals surface area contributed by atoms with Crippen molar-refractivity contribution in [2.45, 2.75) is 26.9 Å². The minimum atomic E-state index is -0.547. The molecule has 30 heavy (non-hydrogen) atoms. The quantitative estimate of drug-likeness (QED) is 0.506. The molecule has 0 spiro atoms. The summed E-state index contributed by atoms with van der Waals surface area (Å²) in [5, 5.41) is 0. The predicted octanol–water partition coefficient (Wildman–Crippen LogP) is 3.96. The van der Waals surface area contributed by atoms with E-state index in [0.29, 0.717) is 16.7 Å². The Hall–Kier alpha value is -3.45. The third-order valence-corrected chi connectivity index (χ3v) is 4.88. The number of aromatic nitrogens is 3. The summed E-state index contributed by atoms with van der Waals surface area (Å²) in [4.78, 5) is 22.5. The summed E-state index contributed by atoms with van der Waals surface area (Å²) >= 11 is 0. The molecule has 7 nitrogen and oxygen atoms in total. The number of nitrogen functional groups attached to an aromatic ring is 1. The summed E-state index contributed by atoms with van der Waals surface area (Å²) in [5.41, 5.74) is 12.0. The fourth-order valence-electron chi connectivity index (χ4n) is 3.71. The lowest BCUT2D eigenvalue weighted by molar-refractivity contribution is 0.0123. The third-order valence-electron chi connectivity index (χ3n) is 4.88. The number of fused-ring (bicyclic) bond motifs is 2. The van der Waals surface area contributed by atoms with Gasteiger partial charge in [-0.15, -0.1) is 0 Å². The van der Waals surface area contributed by atoms with Gasteiger partial charge in [0.25, 0.3) is 0 Å². The van der Waals surface area contributed by atoms with Gasteiger partial charge in [0, 0.05) is 12.8 Å². The van der Waals surface area contributed by atoms with Crippen LogP contribution >= 0.6 is 0 Å². The van der Waals surface area contributed by atoms with E-state index in [2.05, 4.69) is 6.07 Å². The molecule has 1 atom stereocenters. The Bertz CT molecular complexity index is 1240. The molecule has 0 unspecified atom stereocenters. The highest BCUT2D eigenvalue weighted by Gasteiger charge is 2.27. The Kier molecular flexibility index (Phi) is 5.13. The Morgan fingerprint density at radius 3 is 2.37 bits per heavy atom. The summed E-state index contributed by atoms with van der Waals surface area (Å²) in [6.07, 6.45) is -0.421. The third kappa shape index (κ3) is 3.48. The van der Waals surface area contributed by atoms with Crippen molar-refractivity contribution in [2.24, 2.45) is 0 Å². The van der Waals surface area contributed by atoms with E-state index in [0.717, 1.165) is 22.3 Å². The van der Waals surface area contributed by atoms with E-state index in [1.807, 2.05) is 50.2 Å². The molecular weight excluding hydrogens is 380 g/mol. The first kappa shape index (κ1) is 19.8. The molecule has 2 heterocycles. The van der Waals surface area contributed by atoms with Crippen molar-refractivity contribution >= 4 is 34.0 Å². The van der Waals surface area contributed by atoms with Gasteiger partial charge in [-0.1, -0.05) is 18.2 Å². The summed E-state index contributed by atoms with van der Waals surface area (Å²) in [6, 6.07) is 13.6. The first-order valence-electron chi connectivity index (χ1n) is 9.74. The van der Waals surface area contributed by atoms with E-state index in [1.165, 1.54) is 0 Å². The van der Waals surface area contributed by atoms with Gasteiger partial charge in [-0.2, -0.15) is 0 Å². The van der Waals surface area contributed by atoms with Gasteiger partial charge < -0.3 is 15.2 Å². The number of para-hydroxylation sites is 2. The molecule has 2 aromatic carbocycles. The van der Waals surface area contributed by atoms with E-state index >= 15 is 0 Å². The summed E-state index contributed by atoms with van der Waals surface area (Å²) in [5.74, 6) is -0.297.